The van der Waals surface area contributed by atoms with Crippen molar-refractivity contribution in [2.24, 2.45) is 0 Å². The number of hydrogen-bond acceptors (Lipinski definition) is 4. The van der Waals surface area contributed by atoms with E-state index in [1.54, 1.807) is 0 Å². The van der Waals surface area contributed by atoms with Crippen molar-refractivity contribution in [3.05, 3.63) is 114 Å². The topological polar surface area (TPSA) is 104 Å². The van der Waals surface area contributed by atoms with Gasteiger partial charge >= 0.3 is 11.5 Å². The van der Waals surface area contributed by atoms with Gasteiger partial charge in [0.05, 0.1) is 17.7 Å². The summed E-state index contributed by atoms with van der Waals surface area (Å²) in [5.74, 6) is 1.69. The zero-order valence-electron chi connectivity index (χ0n) is 16.4. The summed E-state index contributed by atoms with van der Waals surface area (Å²) in [4.78, 5) is 0. The Hall–Kier alpha value is -3.32. The van der Waals surface area contributed by atoms with Crippen LogP contribution in [0.3, 0.4) is 0 Å². The number of benzene rings is 3. The minimum Gasteiger partial charge on any atom is -0.222 e. The van der Waals surface area contributed by atoms with Gasteiger partial charge in [-0.2, -0.15) is 0 Å². The van der Waals surface area contributed by atoms with Crippen LogP contribution in [0.5, 0.6) is 0 Å². The lowest BCUT2D eigenvalue weighted by Crippen LogP contribution is -2.68. The molecule has 3 aromatic carbocycles. The Morgan fingerprint density at radius 3 is 1.58 bits per heavy atom. The van der Waals surface area contributed by atoms with Gasteiger partial charge in [-0.15, -0.1) is 10.2 Å². The third kappa shape index (κ3) is 7.79. The monoisotopic (exact) mass is 434 g/mol. The number of hydrogen-bond donors (Lipinski definition) is 0. The quantitative estimate of drug-likeness (QED) is 0.458. The van der Waals surface area contributed by atoms with Gasteiger partial charge in [0.2, 0.25) is 0 Å². The molecular formula is C25H19ClO5. The molecule has 0 saturated carbocycles. The van der Waals surface area contributed by atoms with Crippen LogP contribution in [0, 0.1) is 10.2 Å². The lowest BCUT2D eigenvalue weighted by molar-refractivity contribution is -2.00. The van der Waals surface area contributed by atoms with E-state index >= 15 is 0 Å². The fraction of sp³-hybridized carbons (Fsp3) is 0. The molecule has 0 bridgehead atoms. The van der Waals surface area contributed by atoms with Crippen molar-refractivity contribution < 1.29 is 33.3 Å². The summed E-state index contributed by atoms with van der Waals surface area (Å²) in [6.07, 6.45) is 4.09. The van der Waals surface area contributed by atoms with E-state index in [0.29, 0.717) is 0 Å². The molecule has 0 atom stereocenters. The van der Waals surface area contributed by atoms with Crippen molar-refractivity contribution in [1.29, 1.82) is 0 Å². The maximum atomic E-state index is 8.49. The van der Waals surface area contributed by atoms with Gasteiger partial charge in [0.15, 0.2) is 0 Å². The second kappa shape index (κ2) is 10.6. The summed E-state index contributed by atoms with van der Waals surface area (Å²) >= 11 is 0. The van der Waals surface area contributed by atoms with Crippen molar-refractivity contribution in [2.45, 2.75) is 0 Å². The minimum atomic E-state index is -4.94. The molecule has 4 rings (SSSR count). The van der Waals surface area contributed by atoms with E-state index in [1.807, 2.05) is 48.5 Å². The Labute approximate surface area is 182 Å². The predicted molar refractivity (Wildman–Crippen MR) is 109 cm³/mol. The fourth-order valence-corrected chi connectivity index (χ4v) is 2.89. The average molecular weight is 435 g/mol. The Morgan fingerprint density at radius 2 is 1.03 bits per heavy atom. The van der Waals surface area contributed by atoms with E-state index in [1.165, 1.54) is 5.56 Å². The predicted octanol–water partition coefficient (Wildman–Crippen LogP) is 2.31. The molecule has 156 valence electrons. The van der Waals surface area contributed by atoms with Crippen molar-refractivity contribution >= 4 is 12.2 Å². The van der Waals surface area contributed by atoms with Crippen LogP contribution < -0.4 is 18.6 Å². The van der Waals surface area contributed by atoms with E-state index < -0.39 is 10.2 Å². The number of rotatable bonds is 4. The standard InChI is InChI=1S/C25H19O.ClHO4/c1-4-10-20(11-5-1)16-17-24-18-23(21-12-6-2-7-13-21)19-25(26-24)22-14-8-3-9-15-22;2-1(3,4)5/h1-19H;(H,2,3,4,5)/q+1;/p-1. The van der Waals surface area contributed by atoms with Crippen LogP contribution in [0.2, 0.25) is 0 Å². The Kier molecular flexibility index (Phi) is 7.67. The highest BCUT2D eigenvalue weighted by Gasteiger charge is 2.17. The van der Waals surface area contributed by atoms with Crippen molar-refractivity contribution in [3.63, 3.8) is 0 Å². The van der Waals surface area contributed by atoms with E-state index in [2.05, 4.69) is 66.7 Å². The first-order chi connectivity index (χ1) is 14.9. The van der Waals surface area contributed by atoms with Gasteiger partial charge in [-0.05, 0) is 29.3 Å². The van der Waals surface area contributed by atoms with Crippen LogP contribution in [0.4, 0.5) is 0 Å². The maximum absolute atomic E-state index is 8.49. The molecule has 0 aliphatic carbocycles. The fourth-order valence-electron chi connectivity index (χ4n) is 2.89. The smallest absolute Gasteiger partial charge is 0.222 e. The highest BCUT2D eigenvalue weighted by Crippen LogP contribution is 2.29. The first-order valence-corrected chi connectivity index (χ1v) is 10.6. The largest absolute Gasteiger partial charge is 0.361 e. The van der Waals surface area contributed by atoms with Crippen molar-refractivity contribution in [3.8, 4) is 22.5 Å². The molecule has 1 heterocycles. The highest BCUT2D eigenvalue weighted by molar-refractivity contribution is 5.74. The zero-order chi connectivity index (χ0) is 22.1. The lowest BCUT2D eigenvalue weighted by Gasteiger charge is -2.17. The summed E-state index contributed by atoms with van der Waals surface area (Å²) in [5, 5.41) is 0. The maximum Gasteiger partial charge on any atom is 0.361 e. The summed E-state index contributed by atoms with van der Waals surface area (Å²) < 4.78 is 40.1. The molecule has 0 fully saturated rings. The van der Waals surface area contributed by atoms with Crippen molar-refractivity contribution in [2.75, 3.05) is 0 Å². The summed E-state index contributed by atoms with van der Waals surface area (Å²) in [6.45, 7) is 0. The van der Waals surface area contributed by atoms with Gasteiger partial charge in [-0.3, -0.25) is 0 Å². The molecule has 0 aliphatic heterocycles. The van der Waals surface area contributed by atoms with E-state index in [4.69, 9.17) is 23.1 Å². The molecular weight excluding hydrogens is 416 g/mol. The molecule has 31 heavy (non-hydrogen) atoms. The summed E-state index contributed by atoms with van der Waals surface area (Å²) in [7, 11) is -4.94. The summed E-state index contributed by atoms with van der Waals surface area (Å²) in [6, 6.07) is 35.0. The van der Waals surface area contributed by atoms with Crippen LogP contribution in [-0.2, 0) is 0 Å². The van der Waals surface area contributed by atoms with Crippen LogP contribution in [0.25, 0.3) is 34.6 Å². The molecule has 6 heteroatoms. The molecule has 0 radical (unpaired) electrons. The van der Waals surface area contributed by atoms with Gasteiger partial charge < -0.3 is 0 Å². The molecule has 0 amide bonds. The molecule has 5 nitrogen and oxygen atoms in total. The lowest BCUT2D eigenvalue weighted by atomic mass is 10.0. The van der Waals surface area contributed by atoms with E-state index in [0.717, 1.165) is 28.2 Å². The first kappa shape index (κ1) is 22.4. The molecule has 0 spiro atoms. The van der Waals surface area contributed by atoms with Gasteiger partial charge in [-0.25, -0.2) is 23.1 Å². The minimum absolute atomic E-state index is 0.828. The Balaban J connectivity index is 0.000000491. The molecule has 0 aliphatic rings. The molecule has 1 aromatic heterocycles. The van der Waals surface area contributed by atoms with Gasteiger partial charge in [0, 0.05) is 11.6 Å². The molecule has 4 aromatic rings. The van der Waals surface area contributed by atoms with Gasteiger partial charge in [-0.1, -0.05) is 78.9 Å². The highest BCUT2D eigenvalue weighted by atomic mass is 35.7. The SMILES string of the molecule is C(=Cc1cc(-c2ccccc2)cc(-c2ccccc2)[o+]1)c1ccccc1.[O-][Cl+3]([O-])([O-])[O-]. The van der Waals surface area contributed by atoms with Gasteiger partial charge in [0.1, 0.15) is 0 Å². The summed E-state index contributed by atoms with van der Waals surface area (Å²) in [5.41, 5.74) is 4.53. The van der Waals surface area contributed by atoms with Gasteiger partial charge in [0.25, 0.3) is 0 Å². The third-order valence-corrected chi connectivity index (χ3v) is 4.22. The van der Waals surface area contributed by atoms with E-state index in [-0.39, 0.29) is 0 Å². The van der Waals surface area contributed by atoms with Crippen molar-refractivity contribution in [1.82, 2.24) is 0 Å². The second-order valence-electron chi connectivity index (χ2n) is 6.47. The average Bonchev–Trinajstić information content (AvgIpc) is 2.78. The third-order valence-electron chi connectivity index (χ3n) is 4.22. The van der Waals surface area contributed by atoms with Crippen LogP contribution in [0.15, 0.2) is 108 Å². The number of halogens is 1. The molecule has 0 saturated heterocycles. The first-order valence-electron chi connectivity index (χ1n) is 9.32. The zero-order valence-corrected chi connectivity index (χ0v) is 17.1. The van der Waals surface area contributed by atoms with Crippen LogP contribution in [0.1, 0.15) is 11.3 Å². The van der Waals surface area contributed by atoms with E-state index in [9.17, 15) is 0 Å². The Morgan fingerprint density at radius 1 is 0.548 bits per heavy atom. The van der Waals surface area contributed by atoms with Crippen LogP contribution >= 0.6 is 0 Å². The second-order valence-corrected chi connectivity index (χ2v) is 7.22. The Bertz CT molecular complexity index is 1050. The molecule has 0 N–H and O–H groups in total. The molecule has 0 unspecified atom stereocenters. The normalized spacial score (nSPS) is 11.1. The van der Waals surface area contributed by atoms with Crippen LogP contribution in [-0.4, -0.2) is 0 Å².